The Hall–Kier alpha value is -2.37. The Balaban J connectivity index is 1.70. The molecule has 3 rings (SSSR count). The van der Waals surface area contributed by atoms with E-state index in [1.54, 1.807) is 4.90 Å². The van der Waals surface area contributed by atoms with Crippen molar-refractivity contribution in [3.8, 4) is 0 Å². The standard InChI is InChI=1S/C20H27N3O3/c1-3-22(13-16-10-5-4-6-11-16)17(24)14-23-18(25)20(21-19(23)26)12-8-7-9-15(20)2/h4-6,10-11,15H,3,7-9,12-14H2,1-2H3,(H,21,26)/t15-,20+/m0/s1. The van der Waals surface area contributed by atoms with E-state index < -0.39 is 11.6 Å². The van der Waals surface area contributed by atoms with E-state index in [-0.39, 0.29) is 24.3 Å². The van der Waals surface area contributed by atoms with Gasteiger partial charge in [-0.1, -0.05) is 50.1 Å². The van der Waals surface area contributed by atoms with E-state index in [4.69, 9.17) is 0 Å². The number of benzene rings is 1. The van der Waals surface area contributed by atoms with Gasteiger partial charge in [-0.2, -0.15) is 0 Å². The van der Waals surface area contributed by atoms with Crippen LogP contribution in [0.15, 0.2) is 30.3 Å². The lowest BCUT2D eigenvalue weighted by atomic mass is 9.73. The highest BCUT2D eigenvalue weighted by Gasteiger charge is 2.55. The fourth-order valence-electron chi connectivity index (χ4n) is 4.05. The van der Waals surface area contributed by atoms with Gasteiger partial charge in [0.15, 0.2) is 0 Å². The van der Waals surface area contributed by atoms with Gasteiger partial charge in [0.05, 0.1) is 0 Å². The number of carbonyl (C=O) groups excluding carboxylic acids is 3. The Morgan fingerprint density at radius 3 is 2.65 bits per heavy atom. The van der Waals surface area contributed by atoms with E-state index in [9.17, 15) is 14.4 Å². The molecule has 6 heteroatoms. The Labute approximate surface area is 154 Å². The molecule has 26 heavy (non-hydrogen) atoms. The van der Waals surface area contributed by atoms with Gasteiger partial charge in [-0.15, -0.1) is 0 Å². The maximum atomic E-state index is 13.0. The number of nitrogens with zero attached hydrogens (tertiary/aromatic N) is 2. The zero-order chi connectivity index (χ0) is 18.7. The van der Waals surface area contributed by atoms with Gasteiger partial charge >= 0.3 is 6.03 Å². The van der Waals surface area contributed by atoms with Crippen LogP contribution in [0.3, 0.4) is 0 Å². The molecule has 2 atom stereocenters. The predicted octanol–water partition coefficient (Wildman–Crippen LogP) is 2.54. The normalized spacial score (nSPS) is 25.5. The molecule has 6 nitrogen and oxygen atoms in total. The summed E-state index contributed by atoms with van der Waals surface area (Å²) in [5.41, 5.74) is 0.212. The largest absolute Gasteiger partial charge is 0.337 e. The van der Waals surface area contributed by atoms with Crippen molar-refractivity contribution in [2.24, 2.45) is 5.92 Å². The number of imide groups is 1. The number of urea groups is 1. The molecule has 1 N–H and O–H groups in total. The molecule has 1 aliphatic carbocycles. The van der Waals surface area contributed by atoms with Crippen LogP contribution in [-0.2, 0) is 16.1 Å². The van der Waals surface area contributed by atoms with Crippen molar-refractivity contribution < 1.29 is 14.4 Å². The third-order valence-corrected chi connectivity index (χ3v) is 5.75. The molecule has 140 valence electrons. The molecule has 1 aliphatic heterocycles. The maximum Gasteiger partial charge on any atom is 0.325 e. The van der Waals surface area contributed by atoms with Crippen molar-refractivity contribution in [1.82, 2.24) is 15.1 Å². The molecule has 0 unspecified atom stereocenters. The first kappa shape index (κ1) is 18.4. The number of amides is 4. The molecule has 4 amide bonds. The van der Waals surface area contributed by atoms with Gasteiger partial charge in [0, 0.05) is 13.1 Å². The zero-order valence-corrected chi connectivity index (χ0v) is 15.5. The highest BCUT2D eigenvalue weighted by Crippen LogP contribution is 2.38. The molecule has 0 aromatic heterocycles. The van der Waals surface area contributed by atoms with Gasteiger partial charge < -0.3 is 10.2 Å². The van der Waals surface area contributed by atoms with Gasteiger partial charge in [-0.25, -0.2) is 4.79 Å². The number of hydrogen-bond acceptors (Lipinski definition) is 3. The van der Waals surface area contributed by atoms with E-state index in [0.29, 0.717) is 19.5 Å². The van der Waals surface area contributed by atoms with Crippen LogP contribution in [0.25, 0.3) is 0 Å². The lowest BCUT2D eigenvalue weighted by Crippen LogP contribution is -2.54. The predicted molar refractivity (Wildman–Crippen MR) is 98.1 cm³/mol. The molecule has 1 heterocycles. The third-order valence-electron chi connectivity index (χ3n) is 5.75. The number of nitrogens with one attached hydrogen (secondary N) is 1. The summed E-state index contributed by atoms with van der Waals surface area (Å²) in [5.74, 6) is -0.349. The first-order valence-electron chi connectivity index (χ1n) is 9.43. The molecular formula is C20H27N3O3. The molecular weight excluding hydrogens is 330 g/mol. The van der Waals surface area contributed by atoms with E-state index in [0.717, 1.165) is 29.7 Å². The Kier molecular flexibility index (Phi) is 5.30. The fourth-order valence-corrected chi connectivity index (χ4v) is 4.05. The van der Waals surface area contributed by atoms with Crippen LogP contribution in [0.5, 0.6) is 0 Å². The maximum absolute atomic E-state index is 13.0. The van der Waals surface area contributed by atoms with Crippen LogP contribution >= 0.6 is 0 Å². The summed E-state index contributed by atoms with van der Waals surface area (Å²) in [6, 6.07) is 9.27. The summed E-state index contributed by atoms with van der Waals surface area (Å²) in [4.78, 5) is 40.9. The summed E-state index contributed by atoms with van der Waals surface area (Å²) in [6.45, 7) is 4.72. The number of carbonyl (C=O) groups is 3. The second-order valence-electron chi connectivity index (χ2n) is 7.33. The smallest absolute Gasteiger partial charge is 0.325 e. The molecule has 2 aliphatic rings. The van der Waals surface area contributed by atoms with Gasteiger partial charge in [0.25, 0.3) is 5.91 Å². The van der Waals surface area contributed by atoms with Gasteiger partial charge in [0.1, 0.15) is 12.1 Å². The Bertz CT molecular complexity index is 691. The van der Waals surface area contributed by atoms with Gasteiger partial charge in [-0.3, -0.25) is 14.5 Å². The summed E-state index contributed by atoms with van der Waals surface area (Å²) in [6.07, 6.45) is 3.58. The fraction of sp³-hybridized carbons (Fsp3) is 0.550. The average Bonchev–Trinajstić information content (AvgIpc) is 2.88. The van der Waals surface area contributed by atoms with E-state index in [1.165, 1.54) is 0 Å². The van der Waals surface area contributed by atoms with Crippen LogP contribution in [0.1, 0.15) is 45.1 Å². The van der Waals surface area contributed by atoms with Gasteiger partial charge in [0.2, 0.25) is 5.91 Å². The SMILES string of the molecule is CCN(Cc1ccccc1)C(=O)CN1C(=O)N[C@@]2(CCCC[C@@H]2C)C1=O. The van der Waals surface area contributed by atoms with Crippen molar-refractivity contribution in [3.05, 3.63) is 35.9 Å². The van der Waals surface area contributed by atoms with Gasteiger partial charge in [-0.05, 0) is 31.2 Å². The molecule has 0 bridgehead atoms. The zero-order valence-electron chi connectivity index (χ0n) is 15.5. The van der Waals surface area contributed by atoms with Crippen molar-refractivity contribution in [1.29, 1.82) is 0 Å². The molecule has 2 fully saturated rings. The van der Waals surface area contributed by atoms with Crippen molar-refractivity contribution in [3.63, 3.8) is 0 Å². The number of likely N-dealkylation sites (N-methyl/N-ethyl adjacent to an activating group) is 1. The summed E-state index contributed by atoms with van der Waals surface area (Å²) in [5, 5.41) is 2.90. The monoisotopic (exact) mass is 357 g/mol. The molecule has 1 saturated heterocycles. The quantitative estimate of drug-likeness (QED) is 0.823. The van der Waals surface area contributed by atoms with Crippen LogP contribution in [0.4, 0.5) is 4.79 Å². The first-order valence-corrected chi connectivity index (χ1v) is 9.43. The van der Waals surface area contributed by atoms with Crippen LogP contribution in [-0.4, -0.2) is 46.3 Å². The van der Waals surface area contributed by atoms with Crippen molar-refractivity contribution in [2.75, 3.05) is 13.1 Å². The first-order chi connectivity index (χ1) is 12.5. The average molecular weight is 357 g/mol. The van der Waals surface area contributed by atoms with Crippen LogP contribution in [0.2, 0.25) is 0 Å². The topological polar surface area (TPSA) is 69.7 Å². The molecule has 1 aromatic carbocycles. The third kappa shape index (κ3) is 3.32. The molecule has 1 saturated carbocycles. The molecule has 0 radical (unpaired) electrons. The summed E-state index contributed by atoms with van der Waals surface area (Å²) < 4.78 is 0. The number of rotatable bonds is 5. The van der Waals surface area contributed by atoms with Crippen molar-refractivity contribution in [2.45, 2.75) is 51.6 Å². The Morgan fingerprint density at radius 1 is 1.27 bits per heavy atom. The minimum atomic E-state index is -0.813. The summed E-state index contributed by atoms with van der Waals surface area (Å²) >= 11 is 0. The minimum absolute atomic E-state index is 0.0967. The van der Waals surface area contributed by atoms with E-state index in [1.807, 2.05) is 44.2 Å². The van der Waals surface area contributed by atoms with Crippen LogP contribution in [0, 0.1) is 5.92 Å². The van der Waals surface area contributed by atoms with Crippen LogP contribution < -0.4 is 5.32 Å². The lowest BCUT2D eigenvalue weighted by Gasteiger charge is -2.36. The lowest BCUT2D eigenvalue weighted by molar-refractivity contribution is -0.140. The summed E-state index contributed by atoms with van der Waals surface area (Å²) in [7, 11) is 0. The minimum Gasteiger partial charge on any atom is -0.337 e. The molecule has 1 aromatic rings. The Morgan fingerprint density at radius 2 is 2.00 bits per heavy atom. The van der Waals surface area contributed by atoms with Crippen molar-refractivity contribution >= 4 is 17.8 Å². The van der Waals surface area contributed by atoms with E-state index in [2.05, 4.69) is 5.32 Å². The second-order valence-corrected chi connectivity index (χ2v) is 7.33. The molecule has 1 spiro atoms. The van der Waals surface area contributed by atoms with E-state index >= 15 is 0 Å². The highest BCUT2D eigenvalue weighted by molar-refractivity contribution is 6.09. The highest BCUT2D eigenvalue weighted by atomic mass is 16.2. The number of hydrogen-bond donors (Lipinski definition) is 1. The second kappa shape index (κ2) is 7.48.